The summed E-state index contributed by atoms with van der Waals surface area (Å²) >= 11 is 1.38. The lowest BCUT2D eigenvalue weighted by Crippen LogP contribution is -2.11. The summed E-state index contributed by atoms with van der Waals surface area (Å²) in [5.41, 5.74) is 3.04. The molecule has 0 saturated heterocycles. The van der Waals surface area contributed by atoms with Crippen LogP contribution in [0.15, 0.2) is 58.2 Å². The van der Waals surface area contributed by atoms with Gasteiger partial charge in [-0.3, -0.25) is 0 Å². The maximum absolute atomic E-state index is 6.17. The summed E-state index contributed by atoms with van der Waals surface area (Å²) in [6.45, 7) is 2.12. The third-order valence-electron chi connectivity index (χ3n) is 4.43. The van der Waals surface area contributed by atoms with Crippen molar-refractivity contribution in [2.75, 3.05) is 13.0 Å². The lowest BCUT2D eigenvalue weighted by Gasteiger charge is -2.04. The predicted molar refractivity (Wildman–Crippen MR) is 111 cm³/mol. The second-order valence-electron chi connectivity index (χ2n) is 6.26. The van der Waals surface area contributed by atoms with Crippen LogP contribution in [-0.4, -0.2) is 32.1 Å². The third kappa shape index (κ3) is 4.09. The van der Waals surface area contributed by atoms with Gasteiger partial charge in [0, 0.05) is 11.1 Å². The van der Waals surface area contributed by atoms with E-state index in [1.54, 1.807) is 7.11 Å². The quantitative estimate of drug-likeness (QED) is 0.365. The van der Waals surface area contributed by atoms with Crippen molar-refractivity contribution < 1.29 is 9.26 Å². The third-order valence-corrected chi connectivity index (χ3v) is 5.35. The van der Waals surface area contributed by atoms with Crippen molar-refractivity contribution in [3.05, 3.63) is 60.0 Å². The molecule has 8 nitrogen and oxygen atoms in total. The Kier molecular flexibility index (Phi) is 5.48. The van der Waals surface area contributed by atoms with Crippen LogP contribution in [0.1, 0.15) is 18.4 Å². The first-order valence-electron chi connectivity index (χ1n) is 9.07. The maximum atomic E-state index is 6.17. The highest BCUT2D eigenvalue weighted by Crippen LogP contribution is 2.26. The zero-order valence-electron chi connectivity index (χ0n) is 16.1. The van der Waals surface area contributed by atoms with Gasteiger partial charge >= 0.3 is 0 Å². The predicted octanol–water partition coefficient (Wildman–Crippen LogP) is 3.57. The monoisotopic (exact) mass is 408 g/mol. The fourth-order valence-corrected chi connectivity index (χ4v) is 3.45. The molecule has 0 saturated carbocycles. The average Bonchev–Trinajstić information content (AvgIpc) is 3.39. The SMILES string of the molecule is CCc1ccc(-c2noc(CSc3nnc(-c4ccc(OC)cc4)n3N)n2)cc1. The molecule has 2 N–H and O–H groups in total. The molecule has 4 aromatic rings. The number of aryl methyl sites for hydroxylation is 1. The van der Waals surface area contributed by atoms with Crippen molar-refractivity contribution in [3.8, 4) is 28.5 Å². The lowest BCUT2D eigenvalue weighted by molar-refractivity contribution is 0.391. The highest BCUT2D eigenvalue weighted by Gasteiger charge is 2.15. The number of hydrogen-bond donors (Lipinski definition) is 1. The number of aromatic nitrogens is 5. The molecule has 4 rings (SSSR count). The second-order valence-corrected chi connectivity index (χ2v) is 7.20. The smallest absolute Gasteiger partial charge is 0.237 e. The van der Waals surface area contributed by atoms with E-state index in [-0.39, 0.29) is 0 Å². The Morgan fingerprint density at radius 2 is 1.76 bits per heavy atom. The molecule has 0 atom stereocenters. The topological polar surface area (TPSA) is 105 Å². The molecule has 0 aliphatic carbocycles. The van der Waals surface area contributed by atoms with Gasteiger partial charge < -0.3 is 15.1 Å². The first kappa shape index (κ1) is 19.0. The van der Waals surface area contributed by atoms with E-state index in [4.69, 9.17) is 15.1 Å². The molecule has 0 bridgehead atoms. The number of thioether (sulfide) groups is 1. The summed E-state index contributed by atoms with van der Waals surface area (Å²) in [6.07, 6.45) is 0.993. The Hall–Kier alpha value is -3.33. The van der Waals surface area contributed by atoms with Crippen LogP contribution in [0.2, 0.25) is 0 Å². The van der Waals surface area contributed by atoms with Gasteiger partial charge in [0.2, 0.25) is 16.9 Å². The largest absolute Gasteiger partial charge is 0.497 e. The minimum absolute atomic E-state index is 0.442. The van der Waals surface area contributed by atoms with Gasteiger partial charge in [-0.15, -0.1) is 10.2 Å². The van der Waals surface area contributed by atoms with Gasteiger partial charge in [-0.05, 0) is 36.2 Å². The van der Waals surface area contributed by atoms with Crippen LogP contribution in [0.3, 0.4) is 0 Å². The van der Waals surface area contributed by atoms with Crippen molar-refractivity contribution in [2.45, 2.75) is 24.3 Å². The number of hydrogen-bond acceptors (Lipinski definition) is 8. The molecule has 0 radical (unpaired) electrons. The Balaban J connectivity index is 1.44. The van der Waals surface area contributed by atoms with E-state index >= 15 is 0 Å². The van der Waals surface area contributed by atoms with E-state index in [0.29, 0.717) is 28.4 Å². The van der Waals surface area contributed by atoms with E-state index in [0.717, 1.165) is 23.3 Å². The van der Waals surface area contributed by atoms with Crippen LogP contribution in [0, 0.1) is 0 Å². The summed E-state index contributed by atoms with van der Waals surface area (Å²) in [5, 5.41) is 13.0. The number of nitrogen functional groups attached to an aromatic ring is 1. The summed E-state index contributed by atoms with van der Waals surface area (Å²) < 4.78 is 12.0. The van der Waals surface area contributed by atoms with Crippen LogP contribution in [0.5, 0.6) is 5.75 Å². The Morgan fingerprint density at radius 1 is 1.03 bits per heavy atom. The normalized spacial score (nSPS) is 11.0. The van der Waals surface area contributed by atoms with Gasteiger partial charge in [-0.1, -0.05) is 48.1 Å². The Bertz CT molecular complexity index is 1090. The molecule has 2 aromatic heterocycles. The van der Waals surface area contributed by atoms with Crippen molar-refractivity contribution >= 4 is 11.8 Å². The second kappa shape index (κ2) is 8.36. The van der Waals surface area contributed by atoms with Gasteiger partial charge in [-0.2, -0.15) is 4.98 Å². The van der Waals surface area contributed by atoms with Crippen molar-refractivity contribution in [1.29, 1.82) is 0 Å². The fraction of sp³-hybridized carbons (Fsp3) is 0.200. The molecular weight excluding hydrogens is 388 g/mol. The van der Waals surface area contributed by atoms with Gasteiger partial charge in [-0.25, -0.2) is 4.68 Å². The van der Waals surface area contributed by atoms with E-state index in [1.807, 2.05) is 36.4 Å². The minimum atomic E-state index is 0.442. The van der Waals surface area contributed by atoms with E-state index < -0.39 is 0 Å². The fourth-order valence-electron chi connectivity index (χ4n) is 2.76. The number of nitrogens with zero attached hydrogens (tertiary/aromatic N) is 5. The van der Waals surface area contributed by atoms with E-state index in [2.05, 4.69) is 39.4 Å². The first-order valence-corrected chi connectivity index (χ1v) is 10.1. The maximum Gasteiger partial charge on any atom is 0.237 e. The molecule has 0 aliphatic rings. The molecule has 29 heavy (non-hydrogen) atoms. The molecule has 2 aromatic carbocycles. The van der Waals surface area contributed by atoms with Gasteiger partial charge in [0.05, 0.1) is 12.9 Å². The molecular formula is C20H20N6O2S. The molecule has 0 spiro atoms. The molecule has 9 heteroatoms. The van der Waals surface area contributed by atoms with Gasteiger partial charge in [0.15, 0.2) is 5.82 Å². The summed E-state index contributed by atoms with van der Waals surface area (Å²) in [4.78, 5) is 4.45. The number of rotatable bonds is 7. The van der Waals surface area contributed by atoms with Crippen LogP contribution in [-0.2, 0) is 12.2 Å². The standard InChI is InChI=1S/C20H20N6O2S/c1-3-13-4-6-14(7-5-13)18-22-17(28-25-18)12-29-20-24-23-19(26(20)21)15-8-10-16(27-2)11-9-15/h4-11H,3,12,21H2,1-2H3. The van der Waals surface area contributed by atoms with Gasteiger partial charge in [0.1, 0.15) is 5.75 Å². The lowest BCUT2D eigenvalue weighted by atomic mass is 10.1. The van der Waals surface area contributed by atoms with Crippen molar-refractivity contribution in [1.82, 2.24) is 25.0 Å². The van der Waals surface area contributed by atoms with E-state index in [1.165, 1.54) is 22.0 Å². The number of nitrogens with two attached hydrogens (primary N) is 1. The molecule has 0 aliphatic heterocycles. The van der Waals surface area contributed by atoms with Crippen LogP contribution in [0.4, 0.5) is 0 Å². The molecule has 0 unspecified atom stereocenters. The summed E-state index contributed by atoms with van der Waals surface area (Å²) in [5.74, 6) is 9.01. The molecule has 0 fully saturated rings. The Labute approximate surface area is 172 Å². The highest BCUT2D eigenvalue weighted by atomic mass is 32.2. The Morgan fingerprint density at radius 3 is 2.45 bits per heavy atom. The van der Waals surface area contributed by atoms with Crippen LogP contribution >= 0.6 is 11.8 Å². The zero-order valence-corrected chi connectivity index (χ0v) is 16.9. The van der Waals surface area contributed by atoms with Crippen LogP contribution in [0.25, 0.3) is 22.8 Å². The van der Waals surface area contributed by atoms with Crippen molar-refractivity contribution in [3.63, 3.8) is 0 Å². The van der Waals surface area contributed by atoms with E-state index in [9.17, 15) is 0 Å². The average molecular weight is 408 g/mol. The van der Waals surface area contributed by atoms with Gasteiger partial charge in [0.25, 0.3) is 0 Å². The first-order chi connectivity index (χ1) is 14.2. The minimum Gasteiger partial charge on any atom is -0.497 e. The molecule has 0 amide bonds. The molecule has 2 heterocycles. The number of ether oxygens (including phenoxy) is 1. The molecule has 148 valence electrons. The summed E-state index contributed by atoms with van der Waals surface area (Å²) in [6, 6.07) is 15.6. The number of methoxy groups -OCH3 is 1. The number of benzene rings is 2. The van der Waals surface area contributed by atoms with Crippen LogP contribution < -0.4 is 10.6 Å². The zero-order chi connectivity index (χ0) is 20.2. The highest BCUT2D eigenvalue weighted by molar-refractivity contribution is 7.98. The summed E-state index contributed by atoms with van der Waals surface area (Å²) in [7, 11) is 1.62. The van der Waals surface area contributed by atoms with Crippen molar-refractivity contribution in [2.24, 2.45) is 0 Å².